The van der Waals surface area contributed by atoms with Gasteiger partial charge in [-0.2, -0.15) is 0 Å². The van der Waals surface area contributed by atoms with E-state index in [4.69, 9.17) is 4.98 Å². The summed E-state index contributed by atoms with van der Waals surface area (Å²) in [6, 6.07) is 64.2. The van der Waals surface area contributed by atoms with E-state index in [1.807, 2.05) is 12.3 Å². The van der Waals surface area contributed by atoms with Crippen LogP contribution in [-0.4, -0.2) is 17.6 Å². The Hall–Kier alpha value is -5.51. The Labute approximate surface area is 258 Å². The van der Waals surface area contributed by atoms with Crippen LogP contribution < -0.4 is 20.7 Å². The number of benzene rings is 6. The van der Waals surface area contributed by atoms with Crippen molar-refractivity contribution in [1.29, 1.82) is 0 Å². The Kier molecular flexibility index (Phi) is 6.51. The third kappa shape index (κ3) is 4.21. The highest BCUT2D eigenvalue weighted by molar-refractivity contribution is 7.20. The highest BCUT2D eigenvalue weighted by atomic mass is 28.3. The van der Waals surface area contributed by atoms with E-state index in [2.05, 4.69) is 174 Å². The van der Waals surface area contributed by atoms with Crippen LogP contribution in [0.15, 0.2) is 182 Å². The second-order valence-corrected chi connectivity index (χ2v) is 15.0. The van der Waals surface area contributed by atoms with Gasteiger partial charge in [0.2, 0.25) is 0 Å². The molecule has 0 aliphatic rings. The summed E-state index contributed by atoms with van der Waals surface area (Å²) in [6.45, 7) is 0. The number of hydrogen-bond donors (Lipinski definition) is 0. The number of fused-ring (bicyclic) bond motifs is 3. The van der Waals surface area contributed by atoms with E-state index in [-0.39, 0.29) is 0 Å². The van der Waals surface area contributed by atoms with Gasteiger partial charge >= 0.3 is 0 Å². The average Bonchev–Trinajstić information content (AvgIpc) is 3.44. The van der Waals surface area contributed by atoms with Crippen molar-refractivity contribution in [1.82, 2.24) is 9.55 Å². The third-order valence-electron chi connectivity index (χ3n) is 8.82. The van der Waals surface area contributed by atoms with Crippen molar-refractivity contribution in [3.8, 4) is 16.9 Å². The third-order valence-corrected chi connectivity index (χ3v) is 13.6. The molecule has 2 heterocycles. The average molecular weight is 579 g/mol. The van der Waals surface area contributed by atoms with E-state index in [1.54, 1.807) is 0 Å². The summed E-state index contributed by atoms with van der Waals surface area (Å²) in [7, 11) is -2.72. The molecule has 2 nitrogen and oxygen atoms in total. The summed E-state index contributed by atoms with van der Waals surface area (Å²) in [5, 5.41) is 7.94. The van der Waals surface area contributed by atoms with Crippen LogP contribution >= 0.6 is 0 Å². The summed E-state index contributed by atoms with van der Waals surface area (Å²) >= 11 is 0. The van der Waals surface area contributed by atoms with Gasteiger partial charge in [-0.05, 0) is 56.1 Å². The molecule has 0 unspecified atom stereocenters. The predicted octanol–water partition coefficient (Wildman–Crippen LogP) is 7.22. The van der Waals surface area contributed by atoms with Crippen molar-refractivity contribution in [3.63, 3.8) is 0 Å². The smallest absolute Gasteiger partial charge is 0.179 e. The van der Waals surface area contributed by atoms with E-state index in [1.165, 1.54) is 42.6 Å². The molecule has 0 radical (unpaired) electrons. The Morgan fingerprint density at radius 1 is 0.386 bits per heavy atom. The molecule has 2 aromatic heterocycles. The van der Waals surface area contributed by atoms with Crippen LogP contribution in [0, 0.1) is 0 Å². The van der Waals surface area contributed by atoms with Gasteiger partial charge in [-0.1, -0.05) is 152 Å². The number of para-hydroxylation sites is 1. The standard InChI is InChI=1S/C41H30N2Si/c1-4-14-31(15-5-1)32-23-25-35(26-24-32)44(33-16-6-2-7-17-33,34-18-8-3-9-19-34)36-27-28-40-38(30-36)37-20-10-11-21-39(37)43(40)41-22-12-13-29-42-41/h1-30H. The normalized spacial score (nSPS) is 11.6. The quantitative estimate of drug-likeness (QED) is 0.150. The number of aromatic nitrogens is 2. The van der Waals surface area contributed by atoms with Crippen LogP contribution in [-0.2, 0) is 0 Å². The van der Waals surface area contributed by atoms with Gasteiger partial charge in [-0.3, -0.25) is 4.57 Å². The molecule has 0 amide bonds. The summed E-state index contributed by atoms with van der Waals surface area (Å²) in [5.41, 5.74) is 4.79. The molecule has 0 atom stereocenters. The molecular formula is C41H30N2Si. The van der Waals surface area contributed by atoms with Gasteiger partial charge in [0.25, 0.3) is 0 Å². The van der Waals surface area contributed by atoms with E-state index < -0.39 is 8.07 Å². The van der Waals surface area contributed by atoms with Gasteiger partial charge in [0.15, 0.2) is 8.07 Å². The molecule has 3 heteroatoms. The maximum atomic E-state index is 4.74. The zero-order valence-electron chi connectivity index (χ0n) is 24.2. The SMILES string of the molecule is c1ccc(-c2ccc([Si](c3ccccc3)(c3ccccc3)c3ccc4c(c3)c3ccccc3n4-c3ccccn3)cc2)cc1. The fourth-order valence-corrected chi connectivity index (χ4v) is 11.6. The molecule has 0 saturated heterocycles. The fourth-order valence-electron chi connectivity index (χ4n) is 6.86. The van der Waals surface area contributed by atoms with Crippen LogP contribution in [0.1, 0.15) is 0 Å². The minimum Gasteiger partial charge on any atom is -0.294 e. The Morgan fingerprint density at radius 2 is 0.909 bits per heavy atom. The van der Waals surface area contributed by atoms with Crippen molar-refractivity contribution < 1.29 is 0 Å². The molecule has 0 spiro atoms. The molecular weight excluding hydrogens is 549 g/mol. The van der Waals surface area contributed by atoms with Gasteiger partial charge in [0.1, 0.15) is 5.82 Å². The number of rotatable bonds is 6. The maximum absolute atomic E-state index is 4.74. The lowest BCUT2D eigenvalue weighted by Gasteiger charge is -2.34. The van der Waals surface area contributed by atoms with E-state index in [0.717, 1.165) is 16.9 Å². The lowest BCUT2D eigenvalue weighted by molar-refractivity contribution is 1.08. The molecule has 0 saturated carbocycles. The Balaban J connectivity index is 1.44. The largest absolute Gasteiger partial charge is 0.294 e. The summed E-state index contributed by atoms with van der Waals surface area (Å²) in [6.07, 6.45) is 1.87. The molecule has 0 N–H and O–H groups in total. The van der Waals surface area contributed by atoms with Crippen LogP contribution in [0.4, 0.5) is 0 Å². The molecule has 0 fully saturated rings. The second-order valence-electron chi connectivity index (χ2n) is 11.2. The molecule has 0 aliphatic heterocycles. The van der Waals surface area contributed by atoms with Gasteiger partial charge < -0.3 is 0 Å². The van der Waals surface area contributed by atoms with Crippen molar-refractivity contribution in [2.75, 3.05) is 0 Å². The first-order valence-electron chi connectivity index (χ1n) is 15.1. The fraction of sp³-hybridized carbons (Fsp3) is 0. The summed E-state index contributed by atoms with van der Waals surface area (Å²) in [4.78, 5) is 4.74. The molecule has 8 rings (SSSR count). The van der Waals surface area contributed by atoms with Crippen LogP contribution in [0.2, 0.25) is 0 Å². The number of pyridine rings is 1. The lowest BCUT2D eigenvalue weighted by atomic mass is 10.1. The van der Waals surface area contributed by atoms with Gasteiger partial charge in [-0.15, -0.1) is 0 Å². The Morgan fingerprint density at radius 3 is 1.57 bits per heavy atom. The first kappa shape index (κ1) is 26.1. The van der Waals surface area contributed by atoms with Crippen molar-refractivity contribution in [3.05, 3.63) is 182 Å². The van der Waals surface area contributed by atoms with Crippen molar-refractivity contribution in [2.45, 2.75) is 0 Å². The van der Waals surface area contributed by atoms with Crippen LogP contribution in [0.5, 0.6) is 0 Å². The summed E-state index contributed by atoms with van der Waals surface area (Å²) in [5.74, 6) is 0.928. The molecule has 6 aromatic carbocycles. The first-order valence-corrected chi connectivity index (χ1v) is 17.1. The highest BCUT2D eigenvalue weighted by Crippen LogP contribution is 2.31. The first-order chi connectivity index (χ1) is 21.8. The molecule has 208 valence electrons. The predicted molar refractivity (Wildman–Crippen MR) is 188 cm³/mol. The van der Waals surface area contributed by atoms with Crippen LogP contribution in [0.3, 0.4) is 0 Å². The summed E-state index contributed by atoms with van der Waals surface area (Å²) < 4.78 is 2.29. The highest BCUT2D eigenvalue weighted by Gasteiger charge is 2.41. The monoisotopic (exact) mass is 578 g/mol. The van der Waals surface area contributed by atoms with Crippen molar-refractivity contribution >= 4 is 50.6 Å². The molecule has 0 aliphatic carbocycles. The zero-order chi connectivity index (χ0) is 29.3. The minimum atomic E-state index is -2.72. The zero-order valence-corrected chi connectivity index (χ0v) is 25.2. The lowest BCUT2D eigenvalue weighted by Crippen LogP contribution is -2.74. The van der Waals surface area contributed by atoms with E-state index in [9.17, 15) is 0 Å². The Bertz CT molecular complexity index is 2150. The number of nitrogens with zero attached hydrogens (tertiary/aromatic N) is 2. The molecule has 8 aromatic rings. The van der Waals surface area contributed by atoms with E-state index >= 15 is 0 Å². The van der Waals surface area contributed by atoms with Gasteiger partial charge in [0, 0.05) is 17.0 Å². The molecule has 44 heavy (non-hydrogen) atoms. The maximum Gasteiger partial charge on any atom is 0.179 e. The van der Waals surface area contributed by atoms with Gasteiger partial charge in [-0.25, -0.2) is 4.98 Å². The number of hydrogen-bond acceptors (Lipinski definition) is 1. The van der Waals surface area contributed by atoms with Gasteiger partial charge in [0.05, 0.1) is 11.0 Å². The van der Waals surface area contributed by atoms with E-state index in [0.29, 0.717) is 0 Å². The van der Waals surface area contributed by atoms with Crippen LogP contribution in [0.25, 0.3) is 38.8 Å². The molecule has 0 bridgehead atoms. The minimum absolute atomic E-state index is 0.928. The van der Waals surface area contributed by atoms with Crippen molar-refractivity contribution in [2.24, 2.45) is 0 Å². The second kappa shape index (κ2) is 11.0. The topological polar surface area (TPSA) is 17.8 Å².